The predicted octanol–water partition coefficient (Wildman–Crippen LogP) is 1.51. The molecule has 0 N–H and O–H groups in total. The Morgan fingerprint density at radius 3 is 3.18 bits per heavy atom. The fourth-order valence-electron chi connectivity index (χ4n) is 1.21. The molecule has 3 nitrogen and oxygen atoms in total. The first kappa shape index (κ1) is 6.79. The molecule has 1 atom stereocenters. The van der Waals surface area contributed by atoms with Crippen molar-refractivity contribution >= 4 is 17.6 Å². The second-order valence-corrected chi connectivity index (χ2v) is 3.26. The molecular weight excluding hydrogens is 158 g/mol. The Balaban J connectivity index is 2.19. The van der Waals surface area contributed by atoms with E-state index in [0.717, 1.165) is 12.1 Å². The molecule has 2 heterocycles. The van der Waals surface area contributed by atoms with Crippen molar-refractivity contribution in [1.82, 2.24) is 9.99 Å². The summed E-state index contributed by atoms with van der Waals surface area (Å²) in [7, 11) is 1.98. The third kappa shape index (κ3) is 1.14. The van der Waals surface area contributed by atoms with E-state index in [0.29, 0.717) is 6.04 Å². The van der Waals surface area contributed by atoms with Gasteiger partial charge in [-0.3, -0.25) is 5.01 Å². The van der Waals surface area contributed by atoms with E-state index in [4.69, 9.17) is 0 Å². The smallest absolute Gasteiger partial charge is 0.0945 e. The zero-order valence-corrected chi connectivity index (χ0v) is 7.08. The van der Waals surface area contributed by atoms with E-state index < -0.39 is 0 Å². The summed E-state index contributed by atoms with van der Waals surface area (Å²) in [5, 5.41) is 8.18. The van der Waals surface area contributed by atoms with E-state index in [1.54, 1.807) is 11.3 Å². The lowest BCUT2D eigenvalue weighted by atomic mass is 10.2. The van der Waals surface area contributed by atoms with Gasteiger partial charge in [-0.15, -0.1) is 11.3 Å². The monoisotopic (exact) mass is 167 g/mol. The molecule has 4 heteroatoms. The number of hydrogen-bond donors (Lipinski definition) is 0. The summed E-state index contributed by atoms with van der Waals surface area (Å²) >= 11 is 1.64. The molecule has 0 saturated carbocycles. The zero-order valence-electron chi connectivity index (χ0n) is 6.27. The quantitative estimate of drug-likeness (QED) is 0.634. The molecule has 1 aromatic heterocycles. The van der Waals surface area contributed by atoms with Crippen LogP contribution in [0.3, 0.4) is 0 Å². The van der Waals surface area contributed by atoms with Crippen LogP contribution in [0.1, 0.15) is 18.2 Å². The standard InChI is InChI=1S/C7H9N3S/c1-10-7(2-3-9-10)6-4-11-5-8-6/h3-5,7H,2H2,1H3. The average Bonchev–Trinajstić information content (AvgIpc) is 2.55. The van der Waals surface area contributed by atoms with Gasteiger partial charge in [-0.25, -0.2) is 4.98 Å². The van der Waals surface area contributed by atoms with Crippen molar-refractivity contribution in [2.45, 2.75) is 12.5 Å². The highest BCUT2D eigenvalue weighted by molar-refractivity contribution is 7.07. The first-order valence-electron chi connectivity index (χ1n) is 3.51. The van der Waals surface area contributed by atoms with Crippen LogP contribution >= 0.6 is 11.3 Å². The highest BCUT2D eigenvalue weighted by Crippen LogP contribution is 2.25. The number of nitrogens with zero attached hydrogens (tertiary/aromatic N) is 3. The topological polar surface area (TPSA) is 28.5 Å². The molecule has 0 spiro atoms. The minimum absolute atomic E-state index is 0.376. The van der Waals surface area contributed by atoms with Gasteiger partial charge in [0.15, 0.2) is 0 Å². The van der Waals surface area contributed by atoms with Crippen LogP contribution in [-0.2, 0) is 0 Å². The lowest BCUT2D eigenvalue weighted by molar-refractivity contribution is 0.285. The fraction of sp³-hybridized carbons (Fsp3) is 0.429. The number of aromatic nitrogens is 1. The van der Waals surface area contributed by atoms with Gasteiger partial charge in [-0.05, 0) is 0 Å². The van der Waals surface area contributed by atoms with Crippen LogP contribution in [0.2, 0.25) is 0 Å². The van der Waals surface area contributed by atoms with Crippen LogP contribution in [-0.4, -0.2) is 23.3 Å². The highest BCUT2D eigenvalue weighted by Gasteiger charge is 2.20. The number of rotatable bonds is 1. The maximum absolute atomic E-state index is 4.25. The summed E-state index contributed by atoms with van der Waals surface area (Å²) in [5.41, 5.74) is 3.00. The van der Waals surface area contributed by atoms with Crippen molar-refractivity contribution in [3.8, 4) is 0 Å². The summed E-state index contributed by atoms with van der Waals surface area (Å²) in [6, 6.07) is 0.376. The Labute approximate surface area is 69.4 Å². The van der Waals surface area contributed by atoms with Crippen LogP contribution in [0.4, 0.5) is 0 Å². The van der Waals surface area contributed by atoms with Crippen molar-refractivity contribution in [2.75, 3.05) is 7.05 Å². The number of hydrogen-bond acceptors (Lipinski definition) is 4. The lowest BCUT2D eigenvalue weighted by Gasteiger charge is -2.15. The average molecular weight is 167 g/mol. The van der Waals surface area contributed by atoms with Crippen molar-refractivity contribution in [3.05, 3.63) is 16.6 Å². The first-order chi connectivity index (χ1) is 5.38. The largest absolute Gasteiger partial charge is 0.291 e. The van der Waals surface area contributed by atoms with Gasteiger partial charge < -0.3 is 0 Å². The molecule has 58 valence electrons. The molecule has 11 heavy (non-hydrogen) atoms. The number of hydrazone groups is 1. The second-order valence-electron chi connectivity index (χ2n) is 2.54. The summed E-state index contributed by atoms with van der Waals surface area (Å²) in [4.78, 5) is 4.25. The third-order valence-electron chi connectivity index (χ3n) is 1.84. The molecule has 1 unspecified atom stereocenters. The van der Waals surface area contributed by atoms with Gasteiger partial charge in [-0.2, -0.15) is 5.10 Å². The highest BCUT2D eigenvalue weighted by atomic mass is 32.1. The second kappa shape index (κ2) is 2.62. The minimum Gasteiger partial charge on any atom is -0.291 e. The van der Waals surface area contributed by atoms with E-state index in [1.807, 2.05) is 23.8 Å². The molecule has 0 amide bonds. The van der Waals surface area contributed by atoms with E-state index in [-0.39, 0.29) is 0 Å². The molecular formula is C7H9N3S. The van der Waals surface area contributed by atoms with Crippen molar-refractivity contribution in [3.63, 3.8) is 0 Å². The van der Waals surface area contributed by atoms with Gasteiger partial charge in [0.25, 0.3) is 0 Å². The SMILES string of the molecule is CN1N=CCC1c1cscn1. The van der Waals surface area contributed by atoms with Crippen molar-refractivity contribution in [1.29, 1.82) is 0 Å². The minimum atomic E-state index is 0.376. The van der Waals surface area contributed by atoms with Crippen LogP contribution in [0.25, 0.3) is 0 Å². The molecule has 0 saturated heterocycles. The first-order valence-corrected chi connectivity index (χ1v) is 4.45. The lowest BCUT2D eigenvalue weighted by Crippen LogP contribution is -2.13. The molecule has 0 bridgehead atoms. The molecule has 0 aliphatic carbocycles. The molecule has 2 rings (SSSR count). The normalized spacial score (nSPS) is 23.0. The molecule has 1 aliphatic rings. The van der Waals surface area contributed by atoms with Gasteiger partial charge in [-0.1, -0.05) is 0 Å². The molecule has 0 radical (unpaired) electrons. The van der Waals surface area contributed by atoms with Gasteiger partial charge in [0.2, 0.25) is 0 Å². The summed E-state index contributed by atoms with van der Waals surface area (Å²) < 4.78 is 0. The molecule has 0 aromatic carbocycles. The number of thiazole rings is 1. The molecule has 0 fully saturated rings. The maximum atomic E-state index is 4.25. The maximum Gasteiger partial charge on any atom is 0.0945 e. The van der Waals surface area contributed by atoms with Crippen LogP contribution < -0.4 is 0 Å². The van der Waals surface area contributed by atoms with Crippen LogP contribution in [0.15, 0.2) is 16.0 Å². The van der Waals surface area contributed by atoms with Gasteiger partial charge in [0, 0.05) is 25.1 Å². The van der Waals surface area contributed by atoms with Crippen molar-refractivity contribution < 1.29 is 0 Å². The Morgan fingerprint density at radius 1 is 1.73 bits per heavy atom. The van der Waals surface area contributed by atoms with E-state index >= 15 is 0 Å². The Morgan fingerprint density at radius 2 is 2.64 bits per heavy atom. The van der Waals surface area contributed by atoms with Gasteiger partial charge in [0.05, 0.1) is 17.2 Å². The molecule has 1 aliphatic heterocycles. The summed E-state index contributed by atoms with van der Waals surface area (Å²) in [6.45, 7) is 0. The van der Waals surface area contributed by atoms with Crippen LogP contribution in [0.5, 0.6) is 0 Å². The van der Waals surface area contributed by atoms with E-state index in [2.05, 4.69) is 15.5 Å². The summed E-state index contributed by atoms with van der Waals surface area (Å²) in [5.74, 6) is 0. The van der Waals surface area contributed by atoms with Gasteiger partial charge in [0.1, 0.15) is 0 Å². The van der Waals surface area contributed by atoms with E-state index in [9.17, 15) is 0 Å². The molecule has 1 aromatic rings. The summed E-state index contributed by atoms with van der Waals surface area (Å²) in [6.07, 6.45) is 2.92. The van der Waals surface area contributed by atoms with E-state index in [1.165, 1.54) is 0 Å². The Bertz CT molecular complexity index is 255. The Kier molecular flexibility index (Phi) is 1.62. The third-order valence-corrected chi connectivity index (χ3v) is 2.44. The van der Waals surface area contributed by atoms with Gasteiger partial charge >= 0.3 is 0 Å². The fourth-order valence-corrected chi connectivity index (χ4v) is 1.81. The van der Waals surface area contributed by atoms with Crippen molar-refractivity contribution in [2.24, 2.45) is 5.10 Å². The predicted molar refractivity (Wildman–Crippen MR) is 45.7 cm³/mol. The zero-order chi connectivity index (χ0) is 7.68. The Hall–Kier alpha value is -0.900. The van der Waals surface area contributed by atoms with Crippen LogP contribution in [0, 0.1) is 0 Å².